The van der Waals surface area contributed by atoms with E-state index >= 15 is 0 Å². The summed E-state index contributed by atoms with van der Waals surface area (Å²) in [6, 6.07) is 1.63. The van der Waals surface area contributed by atoms with Crippen molar-refractivity contribution in [1.82, 2.24) is 4.90 Å². The van der Waals surface area contributed by atoms with E-state index in [-0.39, 0.29) is 0 Å². The van der Waals surface area contributed by atoms with E-state index in [0.717, 1.165) is 30.5 Å². The molecule has 2 N–H and O–H groups in total. The highest BCUT2D eigenvalue weighted by molar-refractivity contribution is 4.88. The summed E-state index contributed by atoms with van der Waals surface area (Å²) in [6.45, 7) is 6.95. The Balaban J connectivity index is 1.91. The van der Waals surface area contributed by atoms with Crippen molar-refractivity contribution < 1.29 is 0 Å². The van der Waals surface area contributed by atoms with Gasteiger partial charge in [0.05, 0.1) is 0 Å². The van der Waals surface area contributed by atoms with Crippen LogP contribution in [0.5, 0.6) is 0 Å². The minimum absolute atomic E-state index is 0.760. The summed E-state index contributed by atoms with van der Waals surface area (Å²) in [4.78, 5) is 2.76. The molecule has 0 aromatic carbocycles. The quantitative estimate of drug-likeness (QED) is 0.731. The molecule has 1 saturated carbocycles. The van der Waals surface area contributed by atoms with E-state index < -0.39 is 0 Å². The lowest BCUT2D eigenvalue weighted by molar-refractivity contribution is 0.168. The molecule has 1 aliphatic carbocycles. The Morgan fingerprint density at radius 3 is 2.62 bits per heavy atom. The molecule has 2 rings (SSSR count). The molecule has 2 aliphatic rings. The van der Waals surface area contributed by atoms with Gasteiger partial charge in [-0.15, -0.1) is 0 Å². The average Bonchev–Trinajstić information content (AvgIpc) is 2.51. The lowest BCUT2D eigenvalue weighted by Gasteiger charge is -2.30. The Hall–Kier alpha value is -0.0800. The summed E-state index contributed by atoms with van der Waals surface area (Å²) in [7, 11) is 0. The Bertz CT molecular complexity index is 217. The number of nitrogens with zero attached hydrogens (tertiary/aromatic N) is 1. The van der Waals surface area contributed by atoms with Crippen molar-refractivity contribution in [2.45, 2.75) is 64.5 Å². The third-order valence-electron chi connectivity index (χ3n) is 4.74. The summed E-state index contributed by atoms with van der Waals surface area (Å²) in [5.74, 6) is 1.71. The van der Waals surface area contributed by atoms with Crippen LogP contribution in [0.15, 0.2) is 0 Å². The summed E-state index contributed by atoms with van der Waals surface area (Å²) in [6.07, 6.45) is 8.47. The van der Waals surface area contributed by atoms with Crippen LogP contribution in [0.3, 0.4) is 0 Å². The highest BCUT2D eigenvalue weighted by Crippen LogP contribution is 2.32. The molecular formula is C14H28N2. The van der Waals surface area contributed by atoms with Crippen molar-refractivity contribution in [3.63, 3.8) is 0 Å². The Morgan fingerprint density at radius 1 is 1.12 bits per heavy atom. The van der Waals surface area contributed by atoms with Crippen molar-refractivity contribution >= 4 is 0 Å². The van der Waals surface area contributed by atoms with Gasteiger partial charge in [-0.25, -0.2) is 0 Å². The zero-order valence-electron chi connectivity index (χ0n) is 11.0. The number of likely N-dealkylation sites (tertiary alicyclic amines) is 1. The van der Waals surface area contributed by atoms with E-state index in [9.17, 15) is 0 Å². The zero-order chi connectivity index (χ0) is 11.5. The topological polar surface area (TPSA) is 29.3 Å². The molecule has 2 nitrogen and oxygen atoms in total. The van der Waals surface area contributed by atoms with E-state index in [2.05, 4.69) is 18.7 Å². The molecule has 1 saturated heterocycles. The molecule has 0 spiro atoms. The first-order valence-corrected chi connectivity index (χ1v) is 7.16. The van der Waals surface area contributed by atoms with Crippen LogP contribution in [0.25, 0.3) is 0 Å². The van der Waals surface area contributed by atoms with E-state index in [0.29, 0.717) is 0 Å². The van der Waals surface area contributed by atoms with Gasteiger partial charge in [0, 0.05) is 18.6 Å². The molecule has 2 heteroatoms. The molecule has 94 valence electrons. The van der Waals surface area contributed by atoms with Crippen LogP contribution >= 0.6 is 0 Å². The monoisotopic (exact) mass is 224 g/mol. The van der Waals surface area contributed by atoms with Gasteiger partial charge >= 0.3 is 0 Å². The van der Waals surface area contributed by atoms with Crippen LogP contribution in [-0.2, 0) is 0 Å². The molecule has 0 radical (unpaired) electrons. The Labute approximate surface area is 101 Å². The van der Waals surface area contributed by atoms with Gasteiger partial charge in [-0.2, -0.15) is 0 Å². The fraction of sp³-hybridized carbons (Fsp3) is 1.00. The predicted octanol–water partition coefficient (Wildman–Crippen LogP) is 2.62. The first-order valence-electron chi connectivity index (χ1n) is 7.16. The summed E-state index contributed by atoms with van der Waals surface area (Å²) >= 11 is 0. The molecular weight excluding hydrogens is 196 g/mol. The first kappa shape index (κ1) is 12.4. The fourth-order valence-electron chi connectivity index (χ4n) is 3.65. The highest BCUT2D eigenvalue weighted by Gasteiger charge is 2.33. The van der Waals surface area contributed by atoms with Gasteiger partial charge in [0.1, 0.15) is 0 Å². The van der Waals surface area contributed by atoms with Crippen LogP contribution in [0.1, 0.15) is 52.4 Å². The maximum absolute atomic E-state index is 5.81. The molecule has 1 heterocycles. The number of hydrogen-bond donors (Lipinski definition) is 1. The highest BCUT2D eigenvalue weighted by atomic mass is 15.2. The van der Waals surface area contributed by atoms with Crippen LogP contribution in [0.4, 0.5) is 0 Å². The Kier molecular flexibility index (Phi) is 4.26. The molecule has 0 bridgehead atoms. The second-order valence-electron chi connectivity index (χ2n) is 6.15. The minimum Gasteiger partial charge on any atom is -0.330 e. The first-order chi connectivity index (χ1) is 7.70. The van der Waals surface area contributed by atoms with Gasteiger partial charge in [0.15, 0.2) is 0 Å². The second-order valence-corrected chi connectivity index (χ2v) is 6.15. The second kappa shape index (κ2) is 5.50. The van der Waals surface area contributed by atoms with Gasteiger partial charge in [-0.1, -0.05) is 19.8 Å². The third-order valence-corrected chi connectivity index (χ3v) is 4.74. The van der Waals surface area contributed by atoms with Gasteiger partial charge in [0.25, 0.3) is 0 Å². The predicted molar refractivity (Wildman–Crippen MR) is 69.4 cm³/mol. The molecule has 16 heavy (non-hydrogen) atoms. The van der Waals surface area contributed by atoms with E-state index in [4.69, 9.17) is 5.73 Å². The van der Waals surface area contributed by atoms with E-state index in [1.54, 1.807) is 0 Å². The number of rotatable bonds is 2. The van der Waals surface area contributed by atoms with Crippen LogP contribution in [0.2, 0.25) is 0 Å². The molecule has 2 fully saturated rings. The van der Waals surface area contributed by atoms with Crippen molar-refractivity contribution in [3.05, 3.63) is 0 Å². The standard InChI is InChI=1S/C14H28N2/c1-11-4-3-5-14(7-6-11)16-10-13(9-15)8-12(16)2/h11-14H,3-10,15H2,1-2H3. The maximum atomic E-state index is 5.81. The van der Waals surface area contributed by atoms with Crippen LogP contribution in [-0.4, -0.2) is 30.1 Å². The van der Waals surface area contributed by atoms with Crippen molar-refractivity contribution in [3.8, 4) is 0 Å². The van der Waals surface area contributed by atoms with Crippen molar-refractivity contribution in [2.75, 3.05) is 13.1 Å². The Morgan fingerprint density at radius 2 is 1.94 bits per heavy atom. The van der Waals surface area contributed by atoms with Gasteiger partial charge < -0.3 is 5.73 Å². The van der Waals surface area contributed by atoms with Gasteiger partial charge in [-0.3, -0.25) is 4.90 Å². The molecule has 4 atom stereocenters. The summed E-state index contributed by atoms with van der Waals surface area (Å²) in [5.41, 5.74) is 5.81. The number of nitrogens with two attached hydrogens (primary N) is 1. The smallest absolute Gasteiger partial charge is 0.00983 e. The number of hydrogen-bond acceptors (Lipinski definition) is 2. The maximum Gasteiger partial charge on any atom is 0.00983 e. The van der Waals surface area contributed by atoms with Crippen LogP contribution < -0.4 is 5.73 Å². The fourth-order valence-corrected chi connectivity index (χ4v) is 3.65. The van der Waals surface area contributed by atoms with Crippen molar-refractivity contribution in [1.29, 1.82) is 0 Å². The lowest BCUT2D eigenvalue weighted by Crippen LogP contribution is -2.38. The summed E-state index contributed by atoms with van der Waals surface area (Å²) < 4.78 is 0. The molecule has 0 aromatic rings. The van der Waals surface area contributed by atoms with Crippen LogP contribution in [0, 0.1) is 11.8 Å². The molecule has 1 aliphatic heterocycles. The normalized spacial score (nSPS) is 42.2. The largest absolute Gasteiger partial charge is 0.330 e. The van der Waals surface area contributed by atoms with E-state index in [1.807, 2.05) is 0 Å². The minimum atomic E-state index is 0.760. The lowest BCUT2D eigenvalue weighted by atomic mass is 10.0. The third kappa shape index (κ3) is 2.78. The van der Waals surface area contributed by atoms with E-state index in [1.165, 1.54) is 45.1 Å². The zero-order valence-corrected chi connectivity index (χ0v) is 11.0. The summed E-state index contributed by atoms with van der Waals surface area (Å²) in [5, 5.41) is 0. The molecule has 0 aromatic heterocycles. The molecule has 4 unspecified atom stereocenters. The van der Waals surface area contributed by atoms with Gasteiger partial charge in [0.2, 0.25) is 0 Å². The average molecular weight is 224 g/mol. The SMILES string of the molecule is CC1CCCC(N2CC(CN)CC2C)CC1. The molecule has 0 amide bonds. The van der Waals surface area contributed by atoms with Gasteiger partial charge in [-0.05, 0) is 51.0 Å². The van der Waals surface area contributed by atoms with Crippen molar-refractivity contribution in [2.24, 2.45) is 17.6 Å².